The largest absolute Gasteiger partial charge is 0.379 e. The molecule has 2 aliphatic heterocycles. The Balaban J connectivity index is 1.68. The van der Waals surface area contributed by atoms with Gasteiger partial charge in [-0.15, -0.1) is 0 Å². The molecule has 108 valence electrons. The van der Waals surface area contributed by atoms with Crippen LogP contribution in [0.1, 0.15) is 19.3 Å². The Morgan fingerprint density at radius 2 is 2.05 bits per heavy atom. The smallest absolute Gasteiger partial charge is 0.248 e. The van der Waals surface area contributed by atoms with E-state index in [1.807, 2.05) is 0 Å². The molecule has 2 rings (SSSR count). The van der Waals surface area contributed by atoms with Crippen molar-refractivity contribution in [2.45, 2.75) is 25.4 Å². The first-order chi connectivity index (χ1) is 9.20. The highest BCUT2D eigenvalue weighted by atomic mass is 16.5. The van der Waals surface area contributed by atoms with Crippen LogP contribution < -0.4 is 11.3 Å². The van der Waals surface area contributed by atoms with Crippen molar-refractivity contribution < 1.29 is 19.1 Å². The van der Waals surface area contributed by atoms with Crippen LogP contribution in [0.15, 0.2) is 0 Å². The van der Waals surface area contributed by atoms with Crippen molar-refractivity contribution in [2.75, 3.05) is 32.9 Å². The van der Waals surface area contributed by atoms with Crippen LogP contribution in [0.3, 0.4) is 0 Å². The van der Waals surface area contributed by atoms with Crippen molar-refractivity contribution in [1.29, 1.82) is 0 Å². The van der Waals surface area contributed by atoms with Gasteiger partial charge >= 0.3 is 0 Å². The van der Waals surface area contributed by atoms with Crippen molar-refractivity contribution in [3.63, 3.8) is 0 Å². The van der Waals surface area contributed by atoms with E-state index in [0.717, 1.165) is 6.42 Å². The van der Waals surface area contributed by atoms with Gasteiger partial charge in [-0.3, -0.25) is 15.0 Å². The number of hydrogen-bond donors (Lipinski definition) is 2. The van der Waals surface area contributed by atoms with Gasteiger partial charge in [0.2, 0.25) is 11.8 Å². The maximum absolute atomic E-state index is 11.9. The van der Waals surface area contributed by atoms with Gasteiger partial charge < -0.3 is 14.4 Å². The molecule has 2 heterocycles. The lowest BCUT2D eigenvalue weighted by molar-refractivity contribution is -0.141. The summed E-state index contributed by atoms with van der Waals surface area (Å²) in [5.41, 5.74) is 2.16. The van der Waals surface area contributed by atoms with Crippen LogP contribution in [0.2, 0.25) is 0 Å². The normalized spacial score (nSPS) is 24.5. The number of carbonyl (C=O) groups is 2. The molecule has 1 unspecified atom stereocenters. The van der Waals surface area contributed by atoms with Gasteiger partial charge in [0.25, 0.3) is 0 Å². The molecule has 2 amide bonds. The number of hydrogen-bond acceptors (Lipinski definition) is 5. The fourth-order valence-corrected chi connectivity index (χ4v) is 2.43. The fourth-order valence-electron chi connectivity index (χ4n) is 2.43. The molecule has 2 saturated heterocycles. The van der Waals surface area contributed by atoms with E-state index in [1.165, 1.54) is 0 Å². The van der Waals surface area contributed by atoms with Crippen LogP contribution in [-0.2, 0) is 19.1 Å². The molecule has 0 saturated carbocycles. The minimum absolute atomic E-state index is 0.0153. The van der Waals surface area contributed by atoms with E-state index >= 15 is 0 Å². The molecule has 2 aliphatic rings. The zero-order chi connectivity index (χ0) is 13.7. The molecule has 1 atom stereocenters. The second-order valence-electron chi connectivity index (χ2n) is 4.96. The zero-order valence-electron chi connectivity index (χ0n) is 11.0. The van der Waals surface area contributed by atoms with E-state index in [1.54, 1.807) is 4.90 Å². The molecule has 0 aromatic rings. The summed E-state index contributed by atoms with van der Waals surface area (Å²) >= 11 is 0. The Morgan fingerprint density at radius 3 is 2.63 bits per heavy atom. The molecule has 0 aromatic heterocycles. The van der Waals surface area contributed by atoms with Crippen LogP contribution in [0.4, 0.5) is 0 Å². The number of hydrazine groups is 1. The molecule has 0 aromatic carbocycles. The van der Waals surface area contributed by atoms with E-state index < -0.39 is 0 Å². The topological polar surface area (TPSA) is 93.9 Å². The monoisotopic (exact) mass is 271 g/mol. The lowest BCUT2D eigenvalue weighted by Gasteiger charge is -2.31. The Labute approximate surface area is 112 Å². The quantitative estimate of drug-likeness (QED) is 0.389. The molecule has 19 heavy (non-hydrogen) atoms. The zero-order valence-corrected chi connectivity index (χ0v) is 11.0. The number of nitrogens with one attached hydrogen (secondary N) is 1. The maximum atomic E-state index is 11.9. The molecule has 3 N–H and O–H groups in total. The summed E-state index contributed by atoms with van der Waals surface area (Å²) in [6.45, 7) is 2.55. The number of rotatable bonds is 4. The molecule has 7 nitrogen and oxygen atoms in total. The highest BCUT2D eigenvalue weighted by Crippen LogP contribution is 2.17. The summed E-state index contributed by atoms with van der Waals surface area (Å²) < 4.78 is 10.7. The van der Waals surface area contributed by atoms with Gasteiger partial charge in [0.15, 0.2) is 0 Å². The number of ether oxygens (including phenoxy) is 2. The Hall–Kier alpha value is -1.18. The lowest BCUT2D eigenvalue weighted by Crippen LogP contribution is -2.45. The van der Waals surface area contributed by atoms with Crippen LogP contribution in [0.5, 0.6) is 0 Å². The van der Waals surface area contributed by atoms with Gasteiger partial charge in [-0.05, 0) is 19.3 Å². The summed E-state index contributed by atoms with van der Waals surface area (Å²) in [5, 5.41) is 0. The van der Waals surface area contributed by atoms with E-state index in [-0.39, 0.29) is 30.4 Å². The predicted molar refractivity (Wildman–Crippen MR) is 66.8 cm³/mol. The predicted octanol–water partition coefficient (Wildman–Crippen LogP) is -0.980. The van der Waals surface area contributed by atoms with Gasteiger partial charge in [-0.1, -0.05) is 0 Å². The summed E-state index contributed by atoms with van der Waals surface area (Å²) in [7, 11) is 0. The van der Waals surface area contributed by atoms with Crippen LogP contribution >= 0.6 is 0 Å². The van der Waals surface area contributed by atoms with Gasteiger partial charge in [-0.25, -0.2) is 5.84 Å². The average molecular weight is 271 g/mol. The minimum Gasteiger partial charge on any atom is -0.379 e. The Bertz CT molecular complexity index is 323. The number of likely N-dealkylation sites (tertiary alicyclic amines) is 1. The first kappa shape index (κ1) is 14.2. The van der Waals surface area contributed by atoms with Gasteiger partial charge in [0, 0.05) is 25.6 Å². The van der Waals surface area contributed by atoms with E-state index in [4.69, 9.17) is 15.3 Å². The lowest BCUT2D eigenvalue weighted by atomic mass is 9.96. The van der Waals surface area contributed by atoms with Crippen LogP contribution in [0, 0.1) is 5.92 Å². The summed E-state index contributed by atoms with van der Waals surface area (Å²) in [6.07, 6.45) is 2.21. The maximum Gasteiger partial charge on any atom is 0.248 e. The second kappa shape index (κ2) is 6.83. The number of piperidine rings is 1. The van der Waals surface area contributed by atoms with Crippen molar-refractivity contribution in [3.8, 4) is 0 Å². The molecule has 0 spiro atoms. The summed E-state index contributed by atoms with van der Waals surface area (Å²) in [6, 6.07) is 0. The molecule has 0 bridgehead atoms. The molecule has 2 fully saturated rings. The van der Waals surface area contributed by atoms with Crippen LogP contribution in [-0.4, -0.2) is 55.7 Å². The van der Waals surface area contributed by atoms with Gasteiger partial charge in [0.1, 0.15) is 6.61 Å². The number of nitrogens with two attached hydrogens (primary N) is 1. The molecule has 0 aliphatic carbocycles. The third kappa shape index (κ3) is 3.89. The van der Waals surface area contributed by atoms with Crippen molar-refractivity contribution >= 4 is 11.8 Å². The average Bonchev–Trinajstić information content (AvgIpc) is 2.97. The third-order valence-corrected chi connectivity index (χ3v) is 3.69. The summed E-state index contributed by atoms with van der Waals surface area (Å²) in [4.78, 5) is 25.0. The van der Waals surface area contributed by atoms with Crippen molar-refractivity contribution in [2.24, 2.45) is 11.8 Å². The highest BCUT2D eigenvalue weighted by molar-refractivity contribution is 5.80. The minimum atomic E-state index is -0.147. The Kier molecular flexibility index (Phi) is 5.12. The van der Waals surface area contributed by atoms with Gasteiger partial charge in [-0.2, -0.15) is 0 Å². The SMILES string of the molecule is NNC(=O)C1CCN(C(=O)COC2CCOC2)CC1. The summed E-state index contributed by atoms with van der Waals surface area (Å²) in [5.74, 6) is 4.86. The number of nitrogens with zero attached hydrogens (tertiary/aromatic N) is 1. The van der Waals surface area contributed by atoms with Crippen molar-refractivity contribution in [1.82, 2.24) is 10.3 Å². The first-order valence-electron chi connectivity index (χ1n) is 6.68. The van der Waals surface area contributed by atoms with Gasteiger partial charge in [0.05, 0.1) is 12.7 Å². The number of amides is 2. The Morgan fingerprint density at radius 1 is 1.32 bits per heavy atom. The standard InChI is InChI=1S/C12H21N3O4/c13-14-12(17)9-1-4-15(5-2-9)11(16)8-19-10-3-6-18-7-10/h9-10H,1-8,13H2,(H,14,17). The molecule has 0 radical (unpaired) electrons. The van der Waals surface area contributed by atoms with Crippen LogP contribution in [0.25, 0.3) is 0 Å². The van der Waals surface area contributed by atoms with E-state index in [9.17, 15) is 9.59 Å². The third-order valence-electron chi connectivity index (χ3n) is 3.69. The molecular weight excluding hydrogens is 250 g/mol. The fraction of sp³-hybridized carbons (Fsp3) is 0.833. The highest BCUT2D eigenvalue weighted by Gasteiger charge is 2.27. The van der Waals surface area contributed by atoms with E-state index in [0.29, 0.717) is 39.1 Å². The second-order valence-corrected chi connectivity index (χ2v) is 4.96. The molecular formula is C12H21N3O4. The van der Waals surface area contributed by atoms with Crippen molar-refractivity contribution in [3.05, 3.63) is 0 Å². The van der Waals surface area contributed by atoms with E-state index in [2.05, 4.69) is 5.43 Å². The molecule has 7 heteroatoms. The first-order valence-corrected chi connectivity index (χ1v) is 6.68. The number of carbonyl (C=O) groups excluding carboxylic acids is 2.